The molecule has 2 aliphatic heterocycles. The van der Waals surface area contributed by atoms with E-state index >= 15 is 0 Å². The molecule has 0 bridgehead atoms. The summed E-state index contributed by atoms with van der Waals surface area (Å²) in [6.45, 7) is 0.197. The van der Waals surface area contributed by atoms with E-state index in [0.717, 1.165) is 11.3 Å². The molecule has 20 heavy (non-hydrogen) atoms. The molecule has 102 valence electrons. The van der Waals surface area contributed by atoms with Gasteiger partial charge in [0.1, 0.15) is 5.75 Å². The molecule has 1 unspecified atom stereocenters. The maximum Gasteiger partial charge on any atom is 0.312 e. The topological polar surface area (TPSA) is 62.6 Å². The van der Waals surface area contributed by atoms with E-state index < -0.39 is 0 Å². The number of ether oxygens (including phenoxy) is 3. The highest BCUT2D eigenvalue weighted by Crippen LogP contribution is 2.45. The van der Waals surface area contributed by atoms with Gasteiger partial charge in [-0.25, -0.2) is 0 Å². The van der Waals surface area contributed by atoms with Gasteiger partial charge >= 0.3 is 5.97 Å². The number of nitrogens with zero attached hydrogens (tertiary/aromatic N) is 2. The Morgan fingerprint density at radius 1 is 1.25 bits per heavy atom. The van der Waals surface area contributed by atoms with Crippen LogP contribution < -0.4 is 14.2 Å². The smallest absolute Gasteiger partial charge is 0.312 e. The first kappa shape index (κ1) is 11.3. The molecule has 6 nitrogen and oxygen atoms in total. The number of aryl methyl sites for hydroxylation is 1. The first-order chi connectivity index (χ1) is 9.72. The van der Waals surface area contributed by atoms with E-state index in [1.165, 1.54) is 0 Å². The number of fused-ring (bicyclic) bond motifs is 2. The van der Waals surface area contributed by atoms with Crippen LogP contribution >= 0.6 is 0 Å². The van der Waals surface area contributed by atoms with Crippen molar-refractivity contribution in [1.29, 1.82) is 0 Å². The number of esters is 1. The number of carbonyl (C=O) groups excluding carboxylic acids is 1. The summed E-state index contributed by atoms with van der Waals surface area (Å²) in [6, 6.07) is 5.53. The molecule has 1 aromatic carbocycles. The Morgan fingerprint density at radius 2 is 2.05 bits per heavy atom. The van der Waals surface area contributed by atoms with Gasteiger partial charge in [-0.05, 0) is 12.1 Å². The van der Waals surface area contributed by atoms with Crippen molar-refractivity contribution < 1.29 is 19.0 Å². The minimum absolute atomic E-state index is 0.0757. The van der Waals surface area contributed by atoms with Gasteiger partial charge in [0.15, 0.2) is 11.5 Å². The third-order valence-electron chi connectivity index (χ3n) is 3.69. The highest BCUT2D eigenvalue weighted by atomic mass is 16.7. The number of hydrogen-bond acceptors (Lipinski definition) is 5. The molecular formula is C14H12N2O4. The summed E-state index contributed by atoms with van der Waals surface area (Å²) < 4.78 is 17.8. The summed E-state index contributed by atoms with van der Waals surface area (Å²) in [6.07, 6.45) is 2.02. The van der Waals surface area contributed by atoms with Crippen LogP contribution in [-0.2, 0) is 11.8 Å². The SMILES string of the molecule is Cn1nccc1C1CC(=O)Oc2cc3c(cc21)OCO3. The largest absolute Gasteiger partial charge is 0.454 e. The molecule has 6 heteroatoms. The van der Waals surface area contributed by atoms with Crippen molar-refractivity contribution >= 4 is 5.97 Å². The number of rotatable bonds is 1. The van der Waals surface area contributed by atoms with Gasteiger partial charge in [-0.15, -0.1) is 0 Å². The Balaban J connectivity index is 1.88. The van der Waals surface area contributed by atoms with Gasteiger partial charge in [0.25, 0.3) is 0 Å². The van der Waals surface area contributed by atoms with E-state index in [4.69, 9.17) is 14.2 Å². The van der Waals surface area contributed by atoms with Gasteiger partial charge in [0.05, 0.1) is 6.42 Å². The van der Waals surface area contributed by atoms with E-state index in [9.17, 15) is 4.79 Å². The Hall–Kier alpha value is -2.50. The van der Waals surface area contributed by atoms with Crippen LogP contribution in [0.15, 0.2) is 24.4 Å². The van der Waals surface area contributed by atoms with E-state index in [1.807, 2.05) is 19.2 Å². The lowest BCUT2D eigenvalue weighted by Gasteiger charge is -2.24. The molecule has 0 aliphatic carbocycles. The highest BCUT2D eigenvalue weighted by Gasteiger charge is 2.32. The summed E-state index contributed by atoms with van der Waals surface area (Å²) in [5, 5.41) is 4.17. The zero-order chi connectivity index (χ0) is 13.7. The average Bonchev–Trinajstić information content (AvgIpc) is 3.03. The van der Waals surface area contributed by atoms with Crippen LogP contribution in [0.25, 0.3) is 0 Å². The predicted octanol–water partition coefficient (Wildman–Crippen LogP) is 1.59. The average molecular weight is 272 g/mol. The van der Waals surface area contributed by atoms with Crippen LogP contribution in [0.1, 0.15) is 23.6 Å². The fourth-order valence-electron chi connectivity index (χ4n) is 2.73. The van der Waals surface area contributed by atoms with Crippen molar-refractivity contribution in [3.63, 3.8) is 0 Å². The summed E-state index contributed by atoms with van der Waals surface area (Å²) >= 11 is 0. The number of benzene rings is 1. The molecule has 2 aromatic rings. The van der Waals surface area contributed by atoms with Crippen LogP contribution in [0.5, 0.6) is 17.2 Å². The van der Waals surface area contributed by atoms with Gasteiger partial charge in [-0.3, -0.25) is 9.48 Å². The molecule has 0 radical (unpaired) electrons. The van der Waals surface area contributed by atoms with Gasteiger partial charge in [-0.2, -0.15) is 5.10 Å². The summed E-state index contributed by atoms with van der Waals surface area (Å²) in [5.41, 5.74) is 1.90. The van der Waals surface area contributed by atoms with E-state index in [1.54, 1.807) is 16.9 Å². The molecular weight excluding hydrogens is 260 g/mol. The fraction of sp³-hybridized carbons (Fsp3) is 0.286. The van der Waals surface area contributed by atoms with Gasteiger partial charge in [-0.1, -0.05) is 0 Å². The fourth-order valence-corrected chi connectivity index (χ4v) is 2.73. The Bertz CT molecular complexity index is 707. The highest BCUT2D eigenvalue weighted by molar-refractivity contribution is 5.78. The second kappa shape index (κ2) is 4.00. The molecule has 0 amide bonds. The molecule has 0 fully saturated rings. The monoisotopic (exact) mass is 272 g/mol. The van der Waals surface area contributed by atoms with Crippen molar-refractivity contribution in [1.82, 2.24) is 9.78 Å². The summed E-state index contributed by atoms with van der Waals surface area (Å²) in [7, 11) is 1.86. The molecule has 0 spiro atoms. The minimum Gasteiger partial charge on any atom is -0.454 e. The molecule has 0 saturated carbocycles. The van der Waals surface area contributed by atoms with Gasteiger partial charge in [0, 0.05) is 36.5 Å². The van der Waals surface area contributed by atoms with Gasteiger partial charge < -0.3 is 14.2 Å². The van der Waals surface area contributed by atoms with Crippen LogP contribution in [0, 0.1) is 0 Å². The number of carbonyl (C=O) groups is 1. The quantitative estimate of drug-likeness (QED) is 0.582. The van der Waals surface area contributed by atoms with E-state index in [0.29, 0.717) is 23.7 Å². The molecule has 2 aliphatic rings. The number of aromatic nitrogens is 2. The van der Waals surface area contributed by atoms with Crippen LogP contribution in [-0.4, -0.2) is 22.5 Å². The number of hydrogen-bond donors (Lipinski definition) is 0. The van der Waals surface area contributed by atoms with Crippen molar-refractivity contribution in [3.05, 3.63) is 35.7 Å². The lowest BCUT2D eigenvalue weighted by Crippen LogP contribution is -2.22. The van der Waals surface area contributed by atoms with Crippen LogP contribution in [0.4, 0.5) is 0 Å². The van der Waals surface area contributed by atoms with E-state index in [-0.39, 0.29) is 18.7 Å². The Labute approximate surface area is 114 Å². The van der Waals surface area contributed by atoms with Crippen molar-refractivity contribution in [2.75, 3.05) is 6.79 Å². The molecule has 0 N–H and O–H groups in total. The lowest BCUT2D eigenvalue weighted by molar-refractivity contribution is -0.135. The summed E-state index contributed by atoms with van der Waals surface area (Å²) in [4.78, 5) is 11.8. The maximum absolute atomic E-state index is 11.8. The molecule has 0 saturated heterocycles. The van der Waals surface area contributed by atoms with Crippen molar-refractivity contribution in [2.45, 2.75) is 12.3 Å². The Morgan fingerprint density at radius 3 is 2.80 bits per heavy atom. The van der Waals surface area contributed by atoms with E-state index in [2.05, 4.69) is 5.10 Å². The summed E-state index contributed by atoms with van der Waals surface area (Å²) in [5.74, 6) is 1.52. The van der Waals surface area contributed by atoms with Crippen molar-refractivity contribution in [3.8, 4) is 17.2 Å². The standard InChI is InChI=1S/C14H12N2O4/c1-16-10(2-3-15-16)8-5-14(17)20-11-6-13-12(4-9(8)11)18-7-19-13/h2-4,6,8H,5,7H2,1H3. The third kappa shape index (κ3) is 1.57. The predicted molar refractivity (Wildman–Crippen MR) is 67.9 cm³/mol. The molecule has 1 atom stereocenters. The first-order valence-corrected chi connectivity index (χ1v) is 6.34. The van der Waals surface area contributed by atoms with Crippen molar-refractivity contribution in [2.24, 2.45) is 7.05 Å². The molecule has 4 rings (SSSR count). The van der Waals surface area contributed by atoms with Crippen LogP contribution in [0.2, 0.25) is 0 Å². The zero-order valence-electron chi connectivity index (χ0n) is 10.8. The van der Waals surface area contributed by atoms with Gasteiger partial charge in [0.2, 0.25) is 6.79 Å². The lowest BCUT2D eigenvalue weighted by atomic mass is 9.89. The third-order valence-corrected chi connectivity index (χ3v) is 3.69. The first-order valence-electron chi connectivity index (χ1n) is 6.34. The zero-order valence-corrected chi connectivity index (χ0v) is 10.8. The molecule has 3 heterocycles. The minimum atomic E-state index is -0.248. The Kier molecular flexibility index (Phi) is 2.26. The maximum atomic E-state index is 11.8. The normalized spacial score (nSPS) is 19.6. The molecule has 1 aromatic heterocycles. The van der Waals surface area contributed by atoms with Crippen LogP contribution in [0.3, 0.4) is 0 Å². The second-order valence-electron chi connectivity index (χ2n) is 4.85. The second-order valence-corrected chi connectivity index (χ2v) is 4.85.